The number of urea groups is 1. The van der Waals surface area contributed by atoms with E-state index in [1.807, 2.05) is 4.90 Å². The average Bonchev–Trinajstić information content (AvgIpc) is 2.72. The van der Waals surface area contributed by atoms with E-state index in [9.17, 15) is 9.59 Å². The number of likely N-dealkylation sites (tertiary alicyclic amines) is 1. The van der Waals surface area contributed by atoms with Crippen LogP contribution in [-0.2, 0) is 4.79 Å². The van der Waals surface area contributed by atoms with Crippen LogP contribution in [0.4, 0.5) is 4.79 Å². The van der Waals surface area contributed by atoms with E-state index in [4.69, 9.17) is 5.73 Å². The lowest BCUT2D eigenvalue weighted by Gasteiger charge is -2.22. The van der Waals surface area contributed by atoms with Crippen LogP contribution in [0.1, 0.15) is 12.8 Å². The molecule has 5 heteroatoms. The molecule has 1 saturated carbocycles. The number of amides is 3. The van der Waals surface area contributed by atoms with Crippen LogP contribution in [0.15, 0.2) is 0 Å². The summed E-state index contributed by atoms with van der Waals surface area (Å²) in [5, 5.41) is 0. The van der Waals surface area contributed by atoms with Crippen molar-refractivity contribution < 1.29 is 9.59 Å². The predicted octanol–water partition coefficient (Wildman–Crippen LogP) is 0.111. The predicted molar refractivity (Wildman–Crippen MR) is 59.6 cm³/mol. The lowest BCUT2D eigenvalue weighted by atomic mass is 10.0. The number of hydrogen-bond donors (Lipinski definition) is 1. The van der Waals surface area contributed by atoms with Crippen LogP contribution < -0.4 is 5.73 Å². The van der Waals surface area contributed by atoms with Gasteiger partial charge in [0, 0.05) is 33.1 Å². The molecule has 0 aromatic heterocycles. The van der Waals surface area contributed by atoms with Crippen molar-refractivity contribution in [3.8, 4) is 0 Å². The molecule has 2 rings (SSSR count). The van der Waals surface area contributed by atoms with Crippen molar-refractivity contribution in [3.63, 3.8) is 0 Å². The molecule has 90 valence electrons. The number of fused-ring (bicyclic) bond motifs is 1. The molecule has 0 spiro atoms. The van der Waals surface area contributed by atoms with Crippen LogP contribution in [0.25, 0.3) is 0 Å². The van der Waals surface area contributed by atoms with Gasteiger partial charge in [0.15, 0.2) is 0 Å². The first-order valence-electron chi connectivity index (χ1n) is 5.74. The minimum atomic E-state index is -0.181. The van der Waals surface area contributed by atoms with Crippen molar-refractivity contribution in [3.05, 3.63) is 0 Å². The highest BCUT2D eigenvalue weighted by Crippen LogP contribution is 2.41. The maximum Gasteiger partial charge on any atom is 0.319 e. The van der Waals surface area contributed by atoms with Gasteiger partial charge in [0.1, 0.15) is 0 Å². The lowest BCUT2D eigenvalue weighted by molar-refractivity contribution is -0.121. The summed E-state index contributed by atoms with van der Waals surface area (Å²) >= 11 is 0. The van der Waals surface area contributed by atoms with Crippen molar-refractivity contribution in [1.82, 2.24) is 9.80 Å². The molecule has 1 aliphatic heterocycles. The quantitative estimate of drug-likeness (QED) is 0.688. The topological polar surface area (TPSA) is 66.6 Å². The van der Waals surface area contributed by atoms with E-state index in [1.54, 1.807) is 19.0 Å². The summed E-state index contributed by atoms with van der Waals surface area (Å²) in [5.74, 6) is 0.800. The third-order valence-corrected chi connectivity index (χ3v) is 3.81. The Kier molecular flexibility index (Phi) is 2.78. The van der Waals surface area contributed by atoms with Crippen molar-refractivity contribution in [2.75, 3.05) is 27.2 Å². The van der Waals surface area contributed by atoms with E-state index in [0.717, 1.165) is 25.9 Å². The minimum Gasteiger partial charge on any atom is -0.369 e. The SMILES string of the molecule is CN(C)C(=O)N1C[C@H]2CC(C(N)=O)C[C@H]2C1. The molecule has 1 unspecified atom stereocenters. The van der Waals surface area contributed by atoms with E-state index in [0.29, 0.717) is 11.8 Å². The van der Waals surface area contributed by atoms with Crippen LogP contribution in [-0.4, -0.2) is 48.9 Å². The molecule has 16 heavy (non-hydrogen) atoms. The Morgan fingerprint density at radius 2 is 1.69 bits per heavy atom. The molecule has 3 amide bonds. The van der Waals surface area contributed by atoms with Gasteiger partial charge in [-0.3, -0.25) is 4.79 Å². The molecular formula is C11H19N3O2. The maximum atomic E-state index is 11.8. The van der Waals surface area contributed by atoms with Gasteiger partial charge < -0.3 is 15.5 Å². The van der Waals surface area contributed by atoms with E-state index in [2.05, 4.69) is 0 Å². The summed E-state index contributed by atoms with van der Waals surface area (Å²) in [5.41, 5.74) is 5.32. The van der Waals surface area contributed by atoms with Crippen LogP contribution in [0.5, 0.6) is 0 Å². The lowest BCUT2D eigenvalue weighted by Crippen LogP contribution is -2.38. The largest absolute Gasteiger partial charge is 0.369 e. The highest BCUT2D eigenvalue weighted by atomic mass is 16.2. The van der Waals surface area contributed by atoms with Crippen molar-refractivity contribution >= 4 is 11.9 Å². The summed E-state index contributed by atoms with van der Waals surface area (Å²) in [6, 6.07) is 0.0741. The Morgan fingerprint density at radius 1 is 1.19 bits per heavy atom. The zero-order valence-electron chi connectivity index (χ0n) is 9.85. The number of nitrogens with zero attached hydrogens (tertiary/aromatic N) is 2. The Bertz CT molecular complexity index is 302. The van der Waals surface area contributed by atoms with Crippen molar-refractivity contribution in [2.45, 2.75) is 12.8 Å². The second kappa shape index (κ2) is 3.96. The number of carbonyl (C=O) groups excluding carboxylic acids is 2. The standard InChI is InChI=1S/C11H19N3O2/c1-13(2)11(16)14-5-8-3-7(10(12)15)4-9(8)6-14/h7-9H,3-6H2,1-2H3,(H2,12,15)/t7?,8-,9+. The zero-order valence-corrected chi connectivity index (χ0v) is 9.85. The van der Waals surface area contributed by atoms with Crippen LogP contribution in [0.3, 0.4) is 0 Å². The minimum absolute atomic E-state index is 0.0339. The zero-order chi connectivity index (χ0) is 11.9. The first kappa shape index (κ1) is 11.2. The highest BCUT2D eigenvalue weighted by Gasteiger charge is 2.44. The van der Waals surface area contributed by atoms with Gasteiger partial charge >= 0.3 is 6.03 Å². The summed E-state index contributed by atoms with van der Waals surface area (Å²) in [6.45, 7) is 1.57. The molecule has 2 N–H and O–H groups in total. The molecule has 2 aliphatic rings. The van der Waals surface area contributed by atoms with Gasteiger partial charge in [-0.2, -0.15) is 0 Å². The van der Waals surface area contributed by atoms with Crippen LogP contribution >= 0.6 is 0 Å². The Labute approximate surface area is 95.6 Å². The molecular weight excluding hydrogens is 206 g/mol. The molecule has 0 aromatic carbocycles. The second-order valence-corrected chi connectivity index (χ2v) is 5.17. The summed E-state index contributed by atoms with van der Waals surface area (Å²) in [4.78, 5) is 26.3. The van der Waals surface area contributed by atoms with Gasteiger partial charge in [-0.15, -0.1) is 0 Å². The van der Waals surface area contributed by atoms with Crippen molar-refractivity contribution in [1.29, 1.82) is 0 Å². The summed E-state index contributed by atoms with van der Waals surface area (Å²) < 4.78 is 0. The van der Waals surface area contributed by atoms with Gasteiger partial charge in [0.2, 0.25) is 5.91 Å². The third-order valence-electron chi connectivity index (χ3n) is 3.81. The summed E-state index contributed by atoms with van der Waals surface area (Å²) in [7, 11) is 3.53. The van der Waals surface area contributed by atoms with Crippen molar-refractivity contribution in [2.24, 2.45) is 23.5 Å². The number of nitrogens with two attached hydrogens (primary N) is 1. The Balaban J connectivity index is 1.93. The fourth-order valence-corrected chi connectivity index (χ4v) is 2.97. The number of primary amides is 1. The Morgan fingerprint density at radius 3 is 2.06 bits per heavy atom. The first-order valence-corrected chi connectivity index (χ1v) is 5.74. The molecule has 1 aliphatic carbocycles. The third kappa shape index (κ3) is 1.86. The van der Waals surface area contributed by atoms with Gasteiger partial charge in [-0.05, 0) is 24.7 Å². The molecule has 0 bridgehead atoms. The maximum absolute atomic E-state index is 11.8. The normalized spacial score (nSPS) is 32.6. The molecule has 1 heterocycles. The smallest absolute Gasteiger partial charge is 0.319 e. The van der Waals surface area contributed by atoms with E-state index in [1.165, 1.54) is 0 Å². The molecule has 0 radical (unpaired) electrons. The molecule has 2 fully saturated rings. The highest BCUT2D eigenvalue weighted by molar-refractivity contribution is 5.77. The first-order chi connectivity index (χ1) is 7.49. The number of rotatable bonds is 1. The molecule has 5 nitrogen and oxygen atoms in total. The molecule has 0 aromatic rings. The molecule has 1 saturated heterocycles. The van der Waals surface area contributed by atoms with E-state index in [-0.39, 0.29) is 17.9 Å². The van der Waals surface area contributed by atoms with Gasteiger partial charge in [-0.1, -0.05) is 0 Å². The fourth-order valence-electron chi connectivity index (χ4n) is 2.97. The number of carbonyl (C=O) groups is 2. The number of hydrogen-bond acceptors (Lipinski definition) is 2. The van der Waals surface area contributed by atoms with Gasteiger partial charge in [0.05, 0.1) is 0 Å². The summed E-state index contributed by atoms with van der Waals surface area (Å²) in [6.07, 6.45) is 1.72. The van der Waals surface area contributed by atoms with Gasteiger partial charge in [0.25, 0.3) is 0 Å². The Hall–Kier alpha value is -1.26. The average molecular weight is 225 g/mol. The van der Waals surface area contributed by atoms with Gasteiger partial charge in [-0.25, -0.2) is 4.79 Å². The fraction of sp³-hybridized carbons (Fsp3) is 0.818. The van der Waals surface area contributed by atoms with Crippen LogP contribution in [0.2, 0.25) is 0 Å². The van der Waals surface area contributed by atoms with E-state index < -0.39 is 0 Å². The monoisotopic (exact) mass is 225 g/mol. The van der Waals surface area contributed by atoms with Crippen LogP contribution in [0, 0.1) is 17.8 Å². The van der Waals surface area contributed by atoms with E-state index >= 15 is 0 Å². The molecule has 3 atom stereocenters. The second-order valence-electron chi connectivity index (χ2n) is 5.17.